The van der Waals surface area contributed by atoms with Gasteiger partial charge in [-0.15, -0.1) is 0 Å². The number of hydrogen-bond acceptors (Lipinski definition) is 6. The van der Waals surface area contributed by atoms with Crippen LogP contribution in [-0.4, -0.2) is 65.6 Å². The number of alkyl halides is 3. The lowest BCUT2D eigenvalue weighted by atomic mass is 10.1. The van der Waals surface area contributed by atoms with Crippen LogP contribution in [-0.2, 0) is 11.0 Å². The first-order valence-corrected chi connectivity index (χ1v) is 9.56. The van der Waals surface area contributed by atoms with Gasteiger partial charge in [-0.2, -0.15) is 13.2 Å². The van der Waals surface area contributed by atoms with Crippen LogP contribution in [0.1, 0.15) is 25.3 Å². The molecule has 3 amide bonds. The highest BCUT2D eigenvalue weighted by Crippen LogP contribution is 2.36. The molecule has 2 aliphatic rings. The number of nitro groups is 1. The Labute approximate surface area is 170 Å². The number of imide groups is 1. The zero-order valence-electron chi connectivity index (χ0n) is 16.3. The van der Waals surface area contributed by atoms with Gasteiger partial charge in [-0.25, -0.2) is 9.69 Å². The third-order valence-corrected chi connectivity index (χ3v) is 5.24. The molecule has 0 saturated carbocycles. The fourth-order valence-electron chi connectivity index (χ4n) is 3.64. The number of nitrogens with zero attached hydrogens (tertiary/aromatic N) is 4. The number of halogens is 3. The molecule has 0 radical (unpaired) electrons. The fourth-order valence-corrected chi connectivity index (χ4v) is 3.64. The highest BCUT2D eigenvalue weighted by Gasteiger charge is 2.39. The van der Waals surface area contributed by atoms with E-state index in [-0.39, 0.29) is 18.3 Å². The minimum absolute atomic E-state index is 0.105. The van der Waals surface area contributed by atoms with Gasteiger partial charge in [-0.1, -0.05) is 13.3 Å². The molecule has 12 heteroatoms. The van der Waals surface area contributed by atoms with Crippen LogP contribution < -0.4 is 10.2 Å². The highest BCUT2D eigenvalue weighted by molar-refractivity contribution is 6.04. The third-order valence-electron chi connectivity index (χ3n) is 5.24. The Morgan fingerprint density at radius 3 is 2.43 bits per heavy atom. The molecule has 3 rings (SSSR count). The van der Waals surface area contributed by atoms with Gasteiger partial charge >= 0.3 is 12.2 Å². The summed E-state index contributed by atoms with van der Waals surface area (Å²) in [5.41, 5.74) is -1.56. The van der Waals surface area contributed by atoms with E-state index in [1.165, 1.54) is 0 Å². The molecule has 1 aromatic carbocycles. The van der Waals surface area contributed by atoms with Gasteiger partial charge in [0.15, 0.2) is 0 Å². The molecule has 1 N–H and O–H groups in total. The Bertz CT molecular complexity index is 840. The molecule has 164 valence electrons. The number of nitrogens with one attached hydrogen (secondary N) is 1. The molecule has 0 spiro atoms. The highest BCUT2D eigenvalue weighted by atomic mass is 19.4. The van der Waals surface area contributed by atoms with Crippen molar-refractivity contribution in [3.63, 3.8) is 0 Å². The first kappa shape index (κ1) is 21.8. The summed E-state index contributed by atoms with van der Waals surface area (Å²) in [5.74, 6) is -0.275. The summed E-state index contributed by atoms with van der Waals surface area (Å²) in [6.45, 7) is 3.44. The average Bonchev–Trinajstić information content (AvgIpc) is 2.95. The molecule has 1 unspecified atom stereocenters. The smallest absolute Gasteiger partial charge is 0.363 e. The summed E-state index contributed by atoms with van der Waals surface area (Å²) >= 11 is 0. The lowest BCUT2D eigenvalue weighted by Gasteiger charge is -2.36. The van der Waals surface area contributed by atoms with Crippen LogP contribution >= 0.6 is 0 Å². The molecular formula is C18H22F3N5O4. The van der Waals surface area contributed by atoms with E-state index in [0.29, 0.717) is 38.7 Å². The summed E-state index contributed by atoms with van der Waals surface area (Å²) in [6.07, 6.45) is -3.35. The standard InChI is InChI=1S/C18H22F3N5O4/c1-2-3-13-16(27)25(17(28)22-13)11-23-6-8-24(9-7-23)14-5-4-12(18(19,20)21)10-15(14)26(29)30/h4-5,10,13H,2-3,6-9,11H2,1H3,(H,22,28). The van der Waals surface area contributed by atoms with Crippen molar-refractivity contribution in [2.45, 2.75) is 32.0 Å². The predicted octanol–water partition coefficient (Wildman–Crippen LogP) is 2.41. The van der Waals surface area contributed by atoms with Gasteiger partial charge in [0.05, 0.1) is 17.2 Å². The SMILES string of the molecule is CCCC1NC(=O)N(CN2CCN(c3ccc(C(F)(F)F)cc3[N+](=O)[O-])CC2)C1=O. The van der Waals surface area contributed by atoms with Gasteiger partial charge in [-0.05, 0) is 18.6 Å². The summed E-state index contributed by atoms with van der Waals surface area (Å²) in [4.78, 5) is 39.5. The van der Waals surface area contributed by atoms with E-state index in [9.17, 15) is 32.9 Å². The van der Waals surface area contributed by atoms with Gasteiger partial charge in [0.2, 0.25) is 0 Å². The van der Waals surface area contributed by atoms with Crippen LogP contribution in [0, 0.1) is 10.1 Å². The number of rotatable bonds is 6. The summed E-state index contributed by atoms with van der Waals surface area (Å²) in [7, 11) is 0. The van der Waals surface area contributed by atoms with Crippen molar-refractivity contribution in [3.05, 3.63) is 33.9 Å². The summed E-state index contributed by atoms with van der Waals surface area (Å²) in [5, 5.41) is 14.0. The maximum atomic E-state index is 12.9. The van der Waals surface area contributed by atoms with E-state index in [1.807, 2.05) is 11.8 Å². The lowest BCUT2D eigenvalue weighted by Crippen LogP contribution is -2.51. The third kappa shape index (κ3) is 4.48. The van der Waals surface area contributed by atoms with Gasteiger partial charge in [0, 0.05) is 32.2 Å². The van der Waals surface area contributed by atoms with Crippen LogP contribution in [0.25, 0.3) is 0 Å². The van der Waals surface area contributed by atoms with E-state index in [0.717, 1.165) is 23.5 Å². The number of amides is 3. The molecule has 2 aliphatic heterocycles. The predicted molar refractivity (Wildman–Crippen MR) is 101 cm³/mol. The summed E-state index contributed by atoms with van der Waals surface area (Å²) in [6, 6.07) is 1.53. The molecule has 1 aromatic rings. The Kier molecular flexibility index (Phi) is 6.15. The van der Waals surface area contributed by atoms with Gasteiger partial charge in [-0.3, -0.25) is 19.8 Å². The molecule has 0 aliphatic carbocycles. The Morgan fingerprint density at radius 1 is 1.20 bits per heavy atom. The maximum absolute atomic E-state index is 12.9. The second kappa shape index (κ2) is 8.46. The minimum atomic E-state index is -4.67. The second-order valence-electron chi connectivity index (χ2n) is 7.26. The molecule has 0 aromatic heterocycles. The number of piperazine rings is 1. The van der Waals surface area contributed by atoms with E-state index in [1.54, 1.807) is 4.90 Å². The quantitative estimate of drug-likeness (QED) is 0.424. The Balaban J connectivity index is 1.65. The van der Waals surface area contributed by atoms with Crippen molar-refractivity contribution in [1.82, 2.24) is 15.1 Å². The summed E-state index contributed by atoms with van der Waals surface area (Å²) < 4.78 is 38.6. The Morgan fingerprint density at radius 2 is 1.87 bits per heavy atom. The monoisotopic (exact) mass is 429 g/mol. The molecule has 2 saturated heterocycles. The Hall–Kier alpha value is -2.89. The fraction of sp³-hybridized carbons (Fsp3) is 0.556. The van der Waals surface area contributed by atoms with Crippen LogP contribution in [0.5, 0.6) is 0 Å². The first-order chi connectivity index (χ1) is 14.1. The molecule has 2 fully saturated rings. The van der Waals surface area contributed by atoms with Crippen LogP contribution in [0.2, 0.25) is 0 Å². The normalized spacial score (nSPS) is 20.6. The van der Waals surface area contributed by atoms with Gasteiger partial charge in [0.25, 0.3) is 11.6 Å². The minimum Gasteiger partial charge on any atom is -0.363 e. The number of hydrogen-bond donors (Lipinski definition) is 1. The molecular weight excluding hydrogens is 407 g/mol. The van der Waals surface area contributed by atoms with Crippen molar-refractivity contribution in [1.29, 1.82) is 0 Å². The zero-order chi connectivity index (χ0) is 22.1. The van der Waals surface area contributed by atoms with Crippen molar-refractivity contribution < 1.29 is 27.7 Å². The molecule has 0 bridgehead atoms. The van der Waals surface area contributed by atoms with E-state index >= 15 is 0 Å². The van der Waals surface area contributed by atoms with E-state index < -0.39 is 34.4 Å². The zero-order valence-corrected chi connectivity index (χ0v) is 16.3. The number of benzene rings is 1. The van der Waals surface area contributed by atoms with Gasteiger partial charge < -0.3 is 10.2 Å². The number of urea groups is 1. The lowest BCUT2D eigenvalue weighted by molar-refractivity contribution is -0.384. The van der Waals surface area contributed by atoms with E-state index in [4.69, 9.17) is 0 Å². The first-order valence-electron chi connectivity index (χ1n) is 9.56. The van der Waals surface area contributed by atoms with Crippen molar-refractivity contribution in [2.75, 3.05) is 37.7 Å². The number of carbonyl (C=O) groups excluding carboxylic acids is 2. The number of anilines is 1. The molecule has 2 heterocycles. The van der Waals surface area contributed by atoms with Crippen LogP contribution in [0.4, 0.5) is 29.3 Å². The second-order valence-corrected chi connectivity index (χ2v) is 7.26. The number of nitro benzene ring substituents is 1. The van der Waals surface area contributed by atoms with E-state index in [2.05, 4.69) is 5.32 Å². The largest absolute Gasteiger partial charge is 0.416 e. The van der Waals surface area contributed by atoms with Crippen molar-refractivity contribution in [3.8, 4) is 0 Å². The average molecular weight is 429 g/mol. The van der Waals surface area contributed by atoms with Crippen LogP contribution in [0.3, 0.4) is 0 Å². The number of carbonyl (C=O) groups is 2. The molecule has 9 nitrogen and oxygen atoms in total. The van der Waals surface area contributed by atoms with Crippen molar-refractivity contribution >= 4 is 23.3 Å². The van der Waals surface area contributed by atoms with Crippen molar-refractivity contribution in [2.24, 2.45) is 0 Å². The maximum Gasteiger partial charge on any atom is 0.416 e. The molecule has 30 heavy (non-hydrogen) atoms. The van der Waals surface area contributed by atoms with Gasteiger partial charge in [0.1, 0.15) is 11.7 Å². The molecule has 1 atom stereocenters. The topological polar surface area (TPSA) is 99.0 Å². The van der Waals surface area contributed by atoms with Crippen LogP contribution in [0.15, 0.2) is 18.2 Å².